The molecule has 32 heavy (non-hydrogen) atoms. The van der Waals surface area contributed by atoms with Crippen LogP contribution in [0.4, 0.5) is 11.5 Å². The third-order valence-corrected chi connectivity index (χ3v) is 6.70. The summed E-state index contributed by atoms with van der Waals surface area (Å²) in [7, 11) is 0. The van der Waals surface area contributed by atoms with E-state index in [2.05, 4.69) is 33.1 Å². The van der Waals surface area contributed by atoms with Crippen LogP contribution in [0.2, 0.25) is 0 Å². The molecule has 0 spiro atoms. The number of halogens is 1. The number of aromatic nitrogens is 1. The molecule has 3 N–H and O–H groups in total. The smallest absolute Gasteiger partial charge is 0.286 e. The van der Waals surface area contributed by atoms with Gasteiger partial charge in [-0.1, -0.05) is 58.0 Å². The predicted molar refractivity (Wildman–Crippen MR) is 123 cm³/mol. The molecule has 1 saturated heterocycles. The summed E-state index contributed by atoms with van der Waals surface area (Å²) in [5.74, 6) is -0.601. The number of hydrogen-bond donors (Lipinski definition) is 1. The van der Waals surface area contributed by atoms with E-state index in [0.29, 0.717) is 21.8 Å². The Kier molecular flexibility index (Phi) is 5.95. The molecule has 9 heteroatoms. The molecular formula is C23H15BrN5O2S+. The van der Waals surface area contributed by atoms with Gasteiger partial charge in [0.2, 0.25) is 11.8 Å². The minimum atomic E-state index is -0.731. The Labute approximate surface area is 196 Å². The van der Waals surface area contributed by atoms with Gasteiger partial charge in [-0.05, 0) is 29.8 Å². The van der Waals surface area contributed by atoms with Crippen molar-refractivity contribution >= 4 is 51.0 Å². The maximum Gasteiger partial charge on any atom is 0.289 e. The summed E-state index contributed by atoms with van der Waals surface area (Å²) < 4.78 is 0.834. The lowest BCUT2D eigenvalue weighted by Gasteiger charge is -2.15. The van der Waals surface area contributed by atoms with Gasteiger partial charge in [-0.25, -0.2) is 9.88 Å². The fourth-order valence-corrected chi connectivity index (χ4v) is 4.94. The fourth-order valence-electron chi connectivity index (χ4n) is 3.53. The molecule has 1 aromatic heterocycles. The highest BCUT2D eigenvalue weighted by Gasteiger charge is 2.41. The maximum atomic E-state index is 13.1. The van der Waals surface area contributed by atoms with Crippen molar-refractivity contribution in [3.8, 4) is 23.3 Å². The lowest BCUT2D eigenvalue weighted by molar-refractivity contribution is -0.410. The quantitative estimate of drug-likeness (QED) is 0.540. The van der Waals surface area contributed by atoms with Crippen molar-refractivity contribution in [1.29, 1.82) is 10.5 Å². The highest BCUT2D eigenvalue weighted by molar-refractivity contribution is 9.10. The number of nitrogens with zero attached hydrogens (tertiary/aromatic N) is 3. The Hall–Kier alpha value is -3.66. The van der Waals surface area contributed by atoms with Crippen LogP contribution in [0.3, 0.4) is 0 Å². The number of nitrogens with two attached hydrogens (primary N) is 1. The molecular weight excluding hydrogens is 490 g/mol. The van der Waals surface area contributed by atoms with Gasteiger partial charge in [-0.3, -0.25) is 15.3 Å². The summed E-state index contributed by atoms with van der Waals surface area (Å²) >= 11 is 4.41. The summed E-state index contributed by atoms with van der Waals surface area (Å²) in [6.45, 7) is 0. The Morgan fingerprint density at radius 1 is 1.03 bits per heavy atom. The minimum absolute atomic E-state index is 0.0150. The van der Waals surface area contributed by atoms with E-state index in [1.165, 1.54) is 0 Å². The number of carbonyl (C=O) groups is 2. The number of carbonyl (C=O) groups excluding carboxylic acids is 2. The molecule has 2 heterocycles. The Balaban J connectivity index is 1.74. The minimum Gasteiger partial charge on any atom is -0.286 e. The summed E-state index contributed by atoms with van der Waals surface area (Å²) in [6, 6.07) is 20.1. The number of hydrogen-bond acceptors (Lipinski definition) is 6. The molecule has 0 aliphatic carbocycles. The zero-order chi connectivity index (χ0) is 22.8. The van der Waals surface area contributed by atoms with Crippen LogP contribution >= 0.6 is 27.7 Å². The lowest BCUT2D eigenvalue weighted by Crippen LogP contribution is -2.31. The number of benzene rings is 2. The van der Waals surface area contributed by atoms with Gasteiger partial charge >= 0.3 is 0 Å². The molecule has 0 saturated carbocycles. The largest absolute Gasteiger partial charge is 0.289 e. The molecule has 2 amide bonds. The number of amides is 2. The summed E-state index contributed by atoms with van der Waals surface area (Å²) in [6.07, 6.45) is -0.0150. The normalized spacial score (nSPS) is 15.5. The molecule has 2 aromatic carbocycles. The molecule has 7 nitrogen and oxygen atoms in total. The molecule has 0 radical (unpaired) electrons. The Morgan fingerprint density at radius 3 is 2.31 bits per heavy atom. The molecule has 0 bridgehead atoms. The van der Waals surface area contributed by atoms with Crippen LogP contribution in [0.1, 0.15) is 17.5 Å². The van der Waals surface area contributed by atoms with Crippen LogP contribution in [0.5, 0.6) is 0 Å². The van der Waals surface area contributed by atoms with Crippen LogP contribution in [0.15, 0.2) is 64.1 Å². The monoisotopic (exact) mass is 504 g/mol. The van der Waals surface area contributed by atoms with Gasteiger partial charge in [0, 0.05) is 16.5 Å². The molecule has 1 atom stereocenters. The predicted octanol–water partition coefficient (Wildman–Crippen LogP) is 3.68. The number of imide groups is 1. The first kappa shape index (κ1) is 21.6. The molecule has 1 fully saturated rings. The van der Waals surface area contributed by atoms with Crippen molar-refractivity contribution in [2.45, 2.75) is 16.7 Å². The van der Waals surface area contributed by atoms with Gasteiger partial charge < -0.3 is 0 Å². The Bertz CT molecular complexity index is 1310. The van der Waals surface area contributed by atoms with E-state index >= 15 is 0 Å². The molecule has 1 aliphatic rings. The highest BCUT2D eigenvalue weighted by Crippen LogP contribution is 2.38. The number of thioether (sulfide) groups is 1. The number of nitriles is 2. The summed E-state index contributed by atoms with van der Waals surface area (Å²) in [5.41, 5.74) is 8.00. The van der Waals surface area contributed by atoms with E-state index in [9.17, 15) is 20.1 Å². The maximum absolute atomic E-state index is 13.1. The standard InChI is InChI=1S/C23H14BrN5O2S/c24-14-6-8-15(9-7-14)29-19(30)10-18(23(29)31)32-22-17(12-26)20(13-4-2-1-3-5-13)16(11-25)21(27)28-22/h1-9,18H,10H2,(H2,27,28)/p+1/t18-/m0/s1. The number of aromatic amines is 1. The first-order valence-corrected chi connectivity index (χ1v) is 11.1. The second-order valence-electron chi connectivity index (χ2n) is 6.94. The molecule has 4 rings (SSSR count). The zero-order valence-electron chi connectivity index (χ0n) is 16.5. The molecule has 1 aliphatic heterocycles. The lowest BCUT2D eigenvalue weighted by atomic mass is 9.97. The van der Waals surface area contributed by atoms with E-state index in [0.717, 1.165) is 21.1 Å². The van der Waals surface area contributed by atoms with Crippen molar-refractivity contribution in [2.75, 3.05) is 10.6 Å². The van der Waals surface area contributed by atoms with Crippen LogP contribution < -0.4 is 15.6 Å². The van der Waals surface area contributed by atoms with Crippen LogP contribution in [-0.2, 0) is 9.59 Å². The van der Waals surface area contributed by atoms with Gasteiger partial charge in [-0.2, -0.15) is 10.5 Å². The van der Waals surface area contributed by atoms with Crippen molar-refractivity contribution in [2.24, 2.45) is 0 Å². The van der Waals surface area contributed by atoms with Gasteiger partial charge in [0.15, 0.2) is 5.03 Å². The topological polar surface area (TPSA) is 125 Å². The molecule has 3 aromatic rings. The van der Waals surface area contributed by atoms with E-state index in [4.69, 9.17) is 5.73 Å². The van der Waals surface area contributed by atoms with Crippen molar-refractivity contribution in [3.05, 3.63) is 70.2 Å². The molecule has 156 valence electrons. The second-order valence-corrected chi connectivity index (χ2v) is 9.07. The van der Waals surface area contributed by atoms with Crippen molar-refractivity contribution in [3.63, 3.8) is 0 Å². The number of nitrogens with one attached hydrogen (secondary N) is 1. The number of nitrogen functional groups attached to an aromatic ring is 1. The van der Waals surface area contributed by atoms with E-state index in [-0.39, 0.29) is 35.2 Å². The number of H-pyrrole nitrogens is 1. The summed E-state index contributed by atoms with van der Waals surface area (Å²) in [5, 5.41) is 19.2. The molecule has 0 unspecified atom stereocenters. The Morgan fingerprint density at radius 2 is 1.69 bits per heavy atom. The van der Waals surface area contributed by atoms with Crippen LogP contribution in [0, 0.1) is 22.7 Å². The van der Waals surface area contributed by atoms with Gasteiger partial charge in [0.25, 0.3) is 5.82 Å². The van der Waals surface area contributed by atoms with Crippen molar-refractivity contribution in [1.82, 2.24) is 0 Å². The third kappa shape index (κ3) is 3.84. The van der Waals surface area contributed by atoms with Gasteiger partial charge in [0.1, 0.15) is 28.5 Å². The van der Waals surface area contributed by atoms with E-state index < -0.39 is 5.25 Å². The third-order valence-electron chi connectivity index (χ3n) is 4.98. The number of anilines is 2. The first-order chi connectivity index (χ1) is 15.4. The first-order valence-electron chi connectivity index (χ1n) is 9.48. The summed E-state index contributed by atoms with van der Waals surface area (Å²) in [4.78, 5) is 29.7. The van der Waals surface area contributed by atoms with Crippen LogP contribution in [0.25, 0.3) is 11.1 Å². The van der Waals surface area contributed by atoms with Crippen molar-refractivity contribution < 1.29 is 14.6 Å². The number of rotatable bonds is 4. The second kappa shape index (κ2) is 8.83. The van der Waals surface area contributed by atoms with E-state index in [1.807, 2.05) is 6.07 Å². The number of pyridine rings is 1. The zero-order valence-corrected chi connectivity index (χ0v) is 18.9. The van der Waals surface area contributed by atoms with Gasteiger partial charge in [-0.15, -0.1) is 0 Å². The average Bonchev–Trinajstić information content (AvgIpc) is 3.07. The average molecular weight is 505 g/mol. The highest BCUT2D eigenvalue weighted by atomic mass is 79.9. The SMILES string of the molecule is N#Cc1c(N)[nH+]c(S[C@H]2CC(=O)N(c3ccc(Br)cc3)C2=O)c(C#N)c1-c1ccccc1. The van der Waals surface area contributed by atoms with Crippen LogP contribution in [-0.4, -0.2) is 17.1 Å². The van der Waals surface area contributed by atoms with Gasteiger partial charge in [0.05, 0.1) is 5.69 Å². The fraction of sp³-hybridized carbons (Fsp3) is 0.0870. The van der Waals surface area contributed by atoms with E-state index in [1.54, 1.807) is 48.5 Å².